The van der Waals surface area contributed by atoms with Gasteiger partial charge in [0.1, 0.15) is 5.82 Å². The number of aromatic amines is 1. The number of benzene rings is 1. The van der Waals surface area contributed by atoms with Crippen molar-refractivity contribution in [2.45, 2.75) is 19.8 Å². The van der Waals surface area contributed by atoms with Gasteiger partial charge in [0.15, 0.2) is 5.69 Å². The first-order chi connectivity index (χ1) is 8.09. The first kappa shape index (κ1) is 11.4. The maximum Gasteiger partial charge on any atom is 0.356 e. The number of imidazole rings is 1. The van der Waals surface area contributed by atoms with E-state index in [1.165, 1.54) is 0 Å². The lowest BCUT2D eigenvalue weighted by atomic mass is 10.1. The maximum atomic E-state index is 11.1. The van der Waals surface area contributed by atoms with Gasteiger partial charge in [0.2, 0.25) is 0 Å². The summed E-state index contributed by atoms with van der Waals surface area (Å²) in [4.78, 5) is 18.3. The molecule has 0 saturated heterocycles. The summed E-state index contributed by atoms with van der Waals surface area (Å²) < 4.78 is 0. The molecular weight excluding hydrogens is 216 g/mol. The van der Waals surface area contributed by atoms with Crippen molar-refractivity contribution in [3.63, 3.8) is 0 Å². The molecule has 4 heteroatoms. The Labute approximate surface area is 99.3 Å². The molecule has 0 aliphatic carbocycles. The summed E-state index contributed by atoms with van der Waals surface area (Å²) in [6.45, 7) is 3.88. The molecule has 88 valence electrons. The van der Waals surface area contributed by atoms with Crippen molar-refractivity contribution in [1.29, 1.82) is 0 Å². The Kier molecular flexibility index (Phi) is 2.95. The van der Waals surface area contributed by atoms with E-state index in [2.05, 4.69) is 9.97 Å². The molecule has 1 aromatic heterocycles. The van der Waals surface area contributed by atoms with Crippen molar-refractivity contribution in [1.82, 2.24) is 9.97 Å². The van der Waals surface area contributed by atoms with Gasteiger partial charge in [-0.2, -0.15) is 0 Å². The zero-order chi connectivity index (χ0) is 12.4. The van der Waals surface area contributed by atoms with E-state index in [1.54, 1.807) is 0 Å². The van der Waals surface area contributed by atoms with Gasteiger partial charge < -0.3 is 10.1 Å². The van der Waals surface area contributed by atoms with Crippen molar-refractivity contribution >= 4 is 5.97 Å². The minimum atomic E-state index is -0.993. The smallest absolute Gasteiger partial charge is 0.356 e. The van der Waals surface area contributed by atoms with Gasteiger partial charge in [-0.05, 0) is 5.92 Å². The molecule has 0 radical (unpaired) electrons. The molecule has 0 spiro atoms. The second-order valence-electron chi connectivity index (χ2n) is 4.17. The number of H-pyrrole nitrogens is 1. The van der Waals surface area contributed by atoms with E-state index in [0.29, 0.717) is 11.5 Å². The van der Waals surface area contributed by atoms with Crippen LogP contribution in [-0.4, -0.2) is 21.0 Å². The number of carboxylic acid groups (broad SMARTS) is 1. The number of aromatic carboxylic acids is 1. The first-order valence-electron chi connectivity index (χ1n) is 5.48. The van der Waals surface area contributed by atoms with Crippen LogP contribution in [0.15, 0.2) is 30.3 Å². The molecule has 0 amide bonds. The molecule has 0 unspecified atom stereocenters. The van der Waals surface area contributed by atoms with Crippen LogP contribution in [0.2, 0.25) is 0 Å². The summed E-state index contributed by atoms with van der Waals surface area (Å²) in [5.74, 6) is -0.287. The SMILES string of the molecule is CC(C)c1[nH]c(-c2ccccc2)nc1C(=O)O. The number of rotatable bonds is 3. The van der Waals surface area contributed by atoms with Crippen LogP contribution in [0.3, 0.4) is 0 Å². The van der Waals surface area contributed by atoms with Gasteiger partial charge >= 0.3 is 5.97 Å². The van der Waals surface area contributed by atoms with E-state index in [9.17, 15) is 4.79 Å². The van der Waals surface area contributed by atoms with Crippen molar-refractivity contribution in [3.05, 3.63) is 41.7 Å². The van der Waals surface area contributed by atoms with Crippen LogP contribution in [0.25, 0.3) is 11.4 Å². The van der Waals surface area contributed by atoms with Crippen LogP contribution < -0.4 is 0 Å². The molecule has 0 aliphatic rings. The van der Waals surface area contributed by atoms with Crippen molar-refractivity contribution in [3.8, 4) is 11.4 Å². The summed E-state index contributed by atoms with van der Waals surface area (Å²) in [6.07, 6.45) is 0. The van der Waals surface area contributed by atoms with Crippen LogP contribution >= 0.6 is 0 Å². The molecule has 2 aromatic rings. The van der Waals surface area contributed by atoms with Crippen molar-refractivity contribution < 1.29 is 9.90 Å². The molecule has 2 N–H and O–H groups in total. The Morgan fingerprint density at radius 1 is 1.29 bits per heavy atom. The zero-order valence-corrected chi connectivity index (χ0v) is 9.77. The number of carboxylic acids is 1. The van der Waals surface area contributed by atoms with Gasteiger partial charge in [0.25, 0.3) is 0 Å². The third-order valence-electron chi connectivity index (χ3n) is 2.56. The van der Waals surface area contributed by atoms with Gasteiger partial charge in [0.05, 0.1) is 5.69 Å². The van der Waals surface area contributed by atoms with E-state index >= 15 is 0 Å². The third kappa shape index (κ3) is 2.20. The van der Waals surface area contributed by atoms with E-state index in [-0.39, 0.29) is 11.6 Å². The van der Waals surface area contributed by atoms with Crippen LogP contribution in [0.1, 0.15) is 35.9 Å². The Bertz CT molecular complexity index is 530. The molecule has 0 aliphatic heterocycles. The molecule has 2 rings (SSSR count). The summed E-state index contributed by atoms with van der Waals surface area (Å²) >= 11 is 0. The molecule has 0 bridgehead atoms. The molecular formula is C13H14N2O2. The first-order valence-corrected chi connectivity index (χ1v) is 5.48. The second-order valence-corrected chi connectivity index (χ2v) is 4.17. The highest BCUT2D eigenvalue weighted by molar-refractivity contribution is 5.87. The number of nitrogens with one attached hydrogen (secondary N) is 1. The third-order valence-corrected chi connectivity index (χ3v) is 2.56. The Balaban J connectivity index is 2.51. The quantitative estimate of drug-likeness (QED) is 0.852. The molecule has 0 fully saturated rings. The Hall–Kier alpha value is -2.10. The predicted octanol–water partition coefficient (Wildman–Crippen LogP) is 2.90. The van der Waals surface area contributed by atoms with Crippen LogP contribution in [-0.2, 0) is 0 Å². The standard InChI is InChI=1S/C13H14N2O2/c1-8(2)10-11(13(16)17)15-12(14-10)9-6-4-3-5-7-9/h3-8H,1-2H3,(H,14,15)(H,16,17). The average molecular weight is 230 g/mol. The molecule has 17 heavy (non-hydrogen) atoms. The lowest BCUT2D eigenvalue weighted by molar-refractivity contribution is 0.0689. The van der Waals surface area contributed by atoms with Gasteiger partial charge in [0, 0.05) is 5.56 Å². The minimum absolute atomic E-state index is 0.103. The molecule has 1 heterocycles. The topological polar surface area (TPSA) is 66.0 Å². The molecule has 1 aromatic carbocycles. The lowest BCUT2D eigenvalue weighted by Gasteiger charge is -2.01. The van der Waals surface area contributed by atoms with Gasteiger partial charge in [-0.25, -0.2) is 9.78 Å². The molecule has 4 nitrogen and oxygen atoms in total. The highest BCUT2D eigenvalue weighted by atomic mass is 16.4. The summed E-state index contributed by atoms with van der Waals surface area (Å²) in [5, 5.41) is 9.09. The Morgan fingerprint density at radius 2 is 1.94 bits per heavy atom. The number of hydrogen-bond acceptors (Lipinski definition) is 2. The molecule has 0 saturated carbocycles. The monoisotopic (exact) mass is 230 g/mol. The largest absolute Gasteiger partial charge is 0.476 e. The van der Waals surface area contributed by atoms with Gasteiger partial charge in [-0.1, -0.05) is 44.2 Å². The van der Waals surface area contributed by atoms with Crippen molar-refractivity contribution in [2.24, 2.45) is 0 Å². The van der Waals surface area contributed by atoms with Crippen LogP contribution in [0.4, 0.5) is 0 Å². The van der Waals surface area contributed by atoms with Gasteiger partial charge in [-0.15, -0.1) is 0 Å². The number of aromatic nitrogens is 2. The number of hydrogen-bond donors (Lipinski definition) is 2. The van der Waals surface area contributed by atoms with Crippen LogP contribution in [0, 0.1) is 0 Å². The van der Waals surface area contributed by atoms with Gasteiger partial charge in [-0.3, -0.25) is 0 Å². The Morgan fingerprint density at radius 3 is 2.41 bits per heavy atom. The number of nitrogens with zero attached hydrogens (tertiary/aromatic N) is 1. The highest BCUT2D eigenvalue weighted by Gasteiger charge is 2.19. The van der Waals surface area contributed by atoms with E-state index < -0.39 is 5.97 Å². The molecule has 0 atom stereocenters. The summed E-state index contributed by atoms with van der Waals surface area (Å²) in [6, 6.07) is 9.50. The summed E-state index contributed by atoms with van der Waals surface area (Å²) in [7, 11) is 0. The minimum Gasteiger partial charge on any atom is -0.476 e. The zero-order valence-electron chi connectivity index (χ0n) is 9.77. The van der Waals surface area contributed by atoms with Crippen LogP contribution in [0.5, 0.6) is 0 Å². The second kappa shape index (κ2) is 4.41. The van der Waals surface area contributed by atoms with E-state index in [1.807, 2.05) is 44.2 Å². The predicted molar refractivity (Wildman–Crippen MR) is 65.1 cm³/mol. The lowest BCUT2D eigenvalue weighted by Crippen LogP contribution is -2.02. The van der Waals surface area contributed by atoms with E-state index in [0.717, 1.165) is 5.56 Å². The summed E-state index contributed by atoms with van der Waals surface area (Å²) in [5.41, 5.74) is 1.66. The van der Waals surface area contributed by atoms with Crippen molar-refractivity contribution in [2.75, 3.05) is 0 Å². The fraction of sp³-hybridized carbons (Fsp3) is 0.231. The highest BCUT2D eigenvalue weighted by Crippen LogP contribution is 2.22. The number of carbonyl (C=O) groups is 1. The normalized spacial score (nSPS) is 10.8. The fourth-order valence-electron chi connectivity index (χ4n) is 1.70. The van der Waals surface area contributed by atoms with E-state index in [4.69, 9.17) is 5.11 Å². The average Bonchev–Trinajstić information content (AvgIpc) is 2.75. The fourth-order valence-corrected chi connectivity index (χ4v) is 1.70. The maximum absolute atomic E-state index is 11.1.